The van der Waals surface area contributed by atoms with E-state index in [4.69, 9.17) is 4.42 Å². The van der Waals surface area contributed by atoms with Crippen molar-refractivity contribution in [2.24, 2.45) is 11.8 Å². The number of fused-ring (bicyclic) bond motifs is 1. The molecule has 2 N–H and O–H groups in total. The maximum atomic E-state index is 13.0. The number of furan rings is 1. The number of nitrogens with zero attached hydrogens (tertiary/aromatic N) is 1. The van der Waals surface area contributed by atoms with Crippen LogP contribution in [0.5, 0.6) is 0 Å². The Kier molecular flexibility index (Phi) is 5.59. The van der Waals surface area contributed by atoms with Crippen LogP contribution in [0.1, 0.15) is 10.6 Å². The van der Waals surface area contributed by atoms with E-state index in [2.05, 4.69) is 17.2 Å². The molecule has 2 amide bonds. The molecular formula is C25H23N3O5S. The van der Waals surface area contributed by atoms with Crippen LogP contribution in [0.3, 0.4) is 0 Å². The van der Waals surface area contributed by atoms with Crippen molar-refractivity contribution in [2.75, 3.05) is 18.4 Å². The zero-order valence-corrected chi connectivity index (χ0v) is 19.0. The van der Waals surface area contributed by atoms with Gasteiger partial charge in [-0.3, -0.25) is 9.59 Å². The van der Waals surface area contributed by atoms with Crippen molar-refractivity contribution < 1.29 is 22.4 Å². The summed E-state index contributed by atoms with van der Waals surface area (Å²) >= 11 is 0. The molecule has 2 aliphatic rings. The molecule has 2 heterocycles. The molecule has 9 heteroatoms. The van der Waals surface area contributed by atoms with Crippen LogP contribution in [0.2, 0.25) is 0 Å². The van der Waals surface area contributed by atoms with Crippen LogP contribution in [0.4, 0.5) is 5.69 Å². The smallest absolute Gasteiger partial charge is 0.291 e. The van der Waals surface area contributed by atoms with Gasteiger partial charge in [0.15, 0.2) is 5.76 Å². The van der Waals surface area contributed by atoms with Crippen LogP contribution in [0, 0.1) is 11.8 Å². The number of nitrogens with one attached hydrogen (secondary N) is 2. The number of hydrogen-bond acceptors (Lipinski definition) is 5. The lowest BCUT2D eigenvalue weighted by molar-refractivity contribution is -0.116. The zero-order chi connectivity index (χ0) is 23.9. The lowest BCUT2D eigenvalue weighted by Gasteiger charge is -2.20. The van der Waals surface area contributed by atoms with Gasteiger partial charge >= 0.3 is 0 Å². The molecule has 174 valence electrons. The van der Waals surface area contributed by atoms with Gasteiger partial charge in [-0.25, -0.2) is 8.42 Å². The number of benzene rings is 2. The lowest BCUT2D eigenvalue weighted by atomic mass is 10.2. The summed E-state index contributed by atoms with van der Waals surface area (Å²) in [5.41, 5.74) is 1.32. The molecule has 1 aromatic heterocycles. The van der Waals surface area contributed by atoms with Crippen molar-refractivity contribution in [1.82, 2.24) is 9.62 Å². The molecule has 0 spiro atoms. The molecule has 1 aliphatic carbocycles. The minimum atomic E-state index is -3.65. The quantitative estimate of drug-likeness (QED) is 0.509. The highest BCUT2D eigenvalue weighted by Gasteiger charge is 2.58. The molecule has 3 aromatic rings. The second-order valence-electron chi connectivity index (χ2n) is 8.40. The van der Waals surface area contributed by atoms with E-state index in [0.717, 1.165) is 5.56 Å². The average molecular weight is 478 g/mol. The number of rotatable bonds is 7. The number of amides is 2. The molecule has 1 saturated heterocycles. The highest BCUT2D eigenvalue weighted by molar-refractivity contribution is 7.89. The maximum Gasteiger partial charge on any atom is 0.291 e. The van der Waals surface area contributed by atoms with Crippen LogP contribution >= 0.6 is 0 Å². The summed E-state index contributed by atoms with van der Waals surface area (Å²) in [7, 11) is -3.65. The van der Waals surface area contributed by atoms with E-state index >= 15 is 0 Å². The first-order valence-corrected chi connectivity index (χ1v) is 12.3. The van der Waals surface area contributed by atoms with Gasteiger partial charge in [0.2, 0.25) is 15.9 Å². The van der Waals surface area contributed by atoms with E-state index in [-0.39, 0.29) is 34.4 Å². The third-order valence-electron chi connectivity index (χ3n) is 6.29. The Balaban J connectivity index is 1.21. The molecule has 2 unspecified atom stereocenters. The summed E-state index contributed by atoms with van der Waals surface area (Å²) in [6.07, 6.45) is 1.22. The number of carbonyl (C=O) groups is 2. The highest BCUT2D eigenvalue weighted by Crippen LogP contribution is 2.47. The Bertz CT molecular complexity index is 1340. The van der Waals surface area contributed by atoms with Gasteiger partial charge in [-0.05, 0) is 54.3 Å². The summed E-state index contributed by atoms with van der Waals surface area (Å²) in [5, 5.41) is 5.57. The van der Waals surface area contributed by atoms with E-state index in [1.54, 1.807) is 24.3 Å². The summed E-state index contributed by atoms with van der Waals surface area (Å²) in [6.45, 7) is 4.18. The van der Waals surface area contributed by atoms with Crippen molar-refractivity contribution in [2.45, 2.75) is 10.9 Å². The van der Waals surface area contributed by atoms with Gasteiger partial charge in [-0.1, -0.05) is 36.9 Å². The molecule has 8 nitrogen and oxygen atoms in total. The van der Waals surface area contributed by atoms with Gasteiger partial charge in [0, 0.05) is 30.4 Å². The Morgan fingerprint density at radius 3 is 2.29 bits per heavy atom. The predicted molar refractivity (Wildman–Crippen MR) is 126 cm³/mol. The monoisotopic (exact) mass is 477 g/mol. The van der Waals surface area contributed by atoms with Gasteiger partial charge in [0.1, 0.15) is 5.76 Å². The molecule has 0 radical (unpaired) electrons. The third kappa shape index (κ3) is 4.15. The Morgan fingerprint density at radius 1 is 0.971 bits per heavy atom. The van der Waals surface area contributed by atoms with E-state index in [1.165, 1.54) is 22.5 Å². The van der Waals surface area contributed by atoms with Crippen LogP contribution in [0.15, 0.2) is 88.7 Å². The molecule has 2 fully saturated rings. The fourth-order valence-corrected chi connectivity index (χ4v) is 5.91. The minimum absolute atomic E-state index is 0.0125. The SMILES string of the molecule is C=CC(=O)NC1C2CN(S(=O)(=O)c3ccc(NC(=O)c4ccc(-c5ccccc5)o4)cc3)CC21. The topological polar surface area (TPSA) is 109 Å². The Labute approximate surface area is 197 Å². The van der Waals surface area contributed by atoms with Crippen molar-refractivity contribution in [1.29, 1.82) is 0 Å². The van der Waals surface area contributed by atoms with Crippen molar-refractivity contribution in [3.63, 3.8) is 0 Å². The zero-order valence-electron chi connectivity index (χ0n) is 18.2. The van der Waals surface area contributed by atoms with Crippen LogP contribution in [0.25, 0.3) is 11.3 Å². The Hall–Kier alpha value is -3.69. The van der Waals surface area contributed by atoms with E-state index in [1.807, 2.05) is 30.3 Å². The molecule has 0 bridgehead atoms. The van der Waals surface area contributed by atoms with E-state index in [9.17, 15) is 18.0 Å². The first-order valence-electron chi connectivity index (χ1n) is 10.9. The van der Waals surface area contributed by atoms with Gasteiger partial charge in [-0.2, -0.15) is 4.31 Å². The fourth-order valence-electron chi connectivity index (χ4n) is 4.39. The highest BCUT2D eigenvalue weighted by atomic mass is 32.2. The molecule has 2 aromatic carbocycles. The van der Waals surface area contributed by atoms with Gasteiger partial charge in [0.05, 0.1) is 4.90 Å². The van der Waals surface area contributed by atoms with Crippen molar-refractivity contribution >= 4 is 27.5 Å². The molecule has 1 saturated carbocycles. The van der Waals surface area contributed by atoms with Crippen LogP contribution in [-0.4, -0.2) is 43.7 Å². The average Bonchev–Trinajstić information content (AvgIpc) is 3.23. The first-order chi connectivity index (χ1) is 16.4. The summed E-state index contributed by atoms with van der Waals surface area (Å²) < 4.78 is 33.1. The lowest BCUT2D eigenvalue weighted by Crippen LogP contribution is -2.36. The second kappa shape index (κ2) is 8.58. The largest absolute Gasteiger partial charge is 0.451 e. The number of hydrogen-bond donors (Lipinski definition) is 2. The molecule has 34 heavy (non-hydrogen) atoms. The maximum absolute atomic E-state index is 13.0. The van der Waals surface area contributed by atoms with Gasteiger partial charge in [-0.15, -0.1) is 0 Å². The van der Waals surface area contributed by atoms with Crippen molar-refractivity contribution in [3.8, 4) is 11.3 Å². The summed E-state index contributed by atoms with van der Waals surface area (Å²) in [6, 6.07) is 18.8. The fraction of sp³-hybridized carbons (Fsp3) is 0.200. The van der Waals surface area contributed by atoms with Crippen LogP contribution in [-0.2, 0) is 14.8 Å². The summed E-state index contributed by atoms with van der Waals surface area (Å²) in [4.78, 5) is 24.2. The number of carbonyl (C=O) groups excluding carboxylic acids is 2. The number of piperidine rings is 1. The summed E-state index contributed by atoms with van der Waals surface area (Å²) in [5.74, 6) is 0.340. The number of sulfonamides is 1. The molecule has 1 aliphatic heterocycles. The Morgan fingerprint density at radius 2 is 1.65 bits per heavy atom. The third-order valence-corrected chi connectivity index (χ3v) is 8.14. The second-order valence-corrected chi connectivity index (χ2v) is 10.3. The number of anilines is 1. The molecule has 2 atom stereocenters. The van der Waals surface area contributed by atoms with E-state index in [0.29, 0.717) is 24.5 Å². The standard InChI is InChI=1S/C25H23N3O5S/c1-2-23(29)27-24-19-14-28(15-20(19)24)34(31,32)18-10-8-17(9-11-18)26-25(30)22-13-12-21(33-22)16-6-4-3-5-7-16/h2-13,19-20,24H,1,14-15H2,(H,26,30)(H,27,29). The predicted octanol–water partition coefficient (Wildman–Crippen LogP) is 3.12. The molecular weight excluding hydrogens is 454 g/mol. The van der Waals surface area contributed by atoms with Crippen molar-refractivity contribution in [3.05, 3.63) is 85.1 Å². The molecule has 5 rings (SSSR count). The van der Waals surface area contributed by atoms with Gasteiger partial charge in [0.25, 0.3) is 5.91 Å². The van der Waals surface area contributed by atoms with Crippen LogP contribution < -0.4 is 10.6 Å². The van der Waals surface area contributed by atoms with Gasteiger partial charge < -0.3 is 15.1 Å². The minimum Gasteiger partial charge on any atom is -0.451 e. The first kappa shape index (κ1) is 22.1. The van der Waals surface area contributed by atoms with E-state index < -0.39 is 15.9 Å². The normalized spacial score (nSPS) is 21.5.